The Morgan fingerprint density at radius 1 is 1.09 bits per heavy atom. The van der Waals surface area contributed by atoms with Crippen molar-refractivity contribution in [3.63, 3.8) is 0 Å². The third kappa shape index (κ3) is 5.05. The highest BCUT2D eigenvalue weighted by atomic mass is 32.2. The van der Waals surface area contributed by atoms with Crippen molar-refractivity contribution in [1.29, 1.82) is 0 Å². The highest BCUT2D eigenvalue weighted by Gasteiger charge is 2.18. The maximum atomic E-state index is 12.7. The first kappa shape index (κ1) is 22.2. The number of aromatic nitrogens is 3. The number of nitrogens with one attached hydrogen (secondary N) is 1. The number of anilines is 1. The summed E-state index contributed by atoms with van der Waals surface area (Å²) in [6, 6.07) is 12.1. The van der Waals surface area contributed by atoms with E-state index < -0.39 is 10.0 Å². The lowest BCUT2D eigenvalue weighted by Gasteiger charge is -2.18. The van der Waals surface area contributed by atoms with Gasteiger partial charge in [0.1, 0.15) is 13.2 Å². The molecule has 4 rings (SSSR count). The zero-order valence-electron chi connectivity index (χ0n) is 17.6. The molecule has 0 saturated carbocycles. The Morgan fingerprint density at radius 2 is 1.81 bits per heavy atom. The normalized spacial score (nSPS) is 13.1. The lowest BCUT2D eigenvalue weighted by atomic mass is 10.1. The molecule has 32 heavy (non-hydrogen) atoms. The van der Waals surface area contributed by atoms with Gasteiger partial charge in [-0.25, -0.2) is 8.42 Å². The molecule has 0 saturated heterocycles. The number of ether oxygens (including phenoxy) is 2. The number of hydrogen-bond acceptors (Lipinski definition) is 8. The molecule has 2 aromatic carbocycles. The summed E-state index contributed by atoms with van der Waals surface area (Å²) in [6.07, 6.45) is 1.10. The van der Waals surface area contributed by atoms with Gasteiger partial charge in [0, 0.05) is 23.4 Å². The number of rotatable bonds is 8. The second-order valence-corrected chi connectivity index (χ2v) is 9.76. The lowest BCUT2D eigenvalue weighted by Crippen LogP contribution is -2.16. The number of sulfonamides is 1. The Morgan fingerprint density at radius 3 is 2.50 bits per heavy atom. The molecule has 11 heteroatoms. The Kier molecular flexibility index (Phi) is 6.38. The van der Waals surface area contributed by atoms with E-state index in [1.54, 1.807) is 42.5 Å². The quantitative estimate of drug-likeness (QED) is 0.392. The van der Waals surface area contributed by atoms with E-state index in [0.29, 0.717) is 53.5 Å². The van der Waals surface area contributed by atoms with Crippen LogP contribution in [0.3, 0.4) is 0 Å². The largest absolute Gasteiger partial charge is 0.486 e. The van der Waals surface area contributed by atoms with Gasteiger partial charge in [0.2, 0.25) is 10.0 Å². The second-order valence-electron chi connectivity index (χ2n) is 7.07. The van der Waals surface area contributed by atoms with E-state index in [4.69, 9.17) is 9.47 Å². The van der Waals surface area contributed by atoms with Crippen LogP contribution in [0.15, 0.2) is 47.6 Å². The Hall–Kier alpha value is -3.05. The van der Waals surface area contributed by atoms with Crippen LogP contribution in [-0.4, -0.2) is 54.2 Å². The van der Waals surface area contributed by atoms with E-state index in [1.807, 2.05) is 11.5 Å². The van der Waals surface area contributed by atoms with Gasteiger partial charge in [-0.1, -0.05) is 11.8 Å². The minimum absolute atomic E-state index is 0.0459. The highest BCUT2D eigenvalue weighted by molar-refractivity contribution is 7.99. The van der Waals surface area contributed by atoms with Crippen LogP contribution >= 0.6 is 11.8 Å². The van der Waals surface area contributed by atoms with Crippen LogP contribution in [0.4, 0.5) is 5.69 Å². The number of hydrogen-bond donors (Lipinski definition) is 1. The molecule has 0 radical (unpaired) electrons. The maximum Gasteiger partial charge on any atom is 0.229 e. The van der Waals surface area contributed by atoms with E-state index in [2.05, 4.69) is 14.9 Å². The summed E-state index contributed by atoms with van der Waals surface area (Å²) in [6.45, 7) is 3.56. The molecular formula is C21H22N4O5S2. The average Bonchev–Trinajstić information content (AvgIpc) is 3.19. The summed E-state index contributed by atoms with van der Waals surface area (Å²) in [4.78, 5) is 12.7. The first-order valence-electron chi connectivity index (χ1n) is 9.91. The van der Waals surface area contributed by atoms with Crippen LogP contribution in [0.1, 0.15) is 17.3 Å². The molecule has 0 unspecified atom stereocenters. The Balaban J connectivity index is 1.47. The lowest BCUT2D eigenvalue weighted by molar-refractivity contribution is 0.102. The van der Waals surface area contributed by atoms with Gasteiger partial charge in [-0.3, -0.25) is 9.52 Å². The molecule has 1 aliphatic heterocycles. The van der Waals surface area contributed by atoms with Gasteiger partial charge in [0.15, 0.2) is 28.3 Å². The summed E-state index contributed by atoms with van der Waals surface area (Å²) >= 11 is 1.31. The van der Waals surface area contributed by atoms with Crippen LogP contribution in [-0.2, 0) is 16.6 Å². The summed E-state index contributed by atoms with van der Waals surface area (Å²) in [5.41, 5.74) is 1.82. The highest BCUT2D eigenvalue weighted by Crippen LogP contribution is 2.32. The molecule has 3 aromatic rings. The second kappa shape index (κ2) is 9.21. The number of fused-ring (bicyclic) bond motifs is 1. The van der Waals surface area contributed by atoms with Crippen LogP contribution in [0.5, 0.6) is 11.5 Å². The van der Waals surface area contributed by atoms with E-state index in [9.17, 15) is 13.2 Å². The predicted molar refractivity (Wildman–Crippen MR) is 122 cm³/mol. The molecule has 9 nitrogen and oxygen atoms in total. The van der Waals surface area contributed by atoms with Crippen molar-refractivity contribution in [2.24, 2.45) is 0 Å². The maximum absolute atomic E-state index is 12.7. The molecule has 0 spiro atoms. The number of Topliss-reactive ketones (excluding diaryl/α,β-unsaturated/α-hetero) is 1. The van der Waals surface area contributed by atoms with E-state index >= 15 is 0 Å². The number of benzene rings is 2. The van der Waals surface area contributed by atoms with Gasteiger partial charge >= 0.3 is 0 Å². The number of thioether (sulfide) groups is 1. The summed E-state index contributed by atoms with van der Waals surface area (Å²) in [5.74, 6) is 2.03. The number of nitrogens with zero attached hydrogens (tertiary/aromatic N) is 3. The van der Waals surface area contributed by atoms with Crippen LogP contribution in [0.2, 0.25) is 0 Å². The zero-order chi connectivity index (χ0) is 22.7. The van der Waals surface area contributed by atoms with Crippen molar-refractivity contribution in [3.05, 3.63) is 48.0 Å². The molecule has 0 amide bonds. The van der Waals surface area contributed by atoms with Crippen LogP contribution < -0.4 is 14.2 Å². The van der Waals surface area contributed by atoms with Crippen LogP contribution in [0.25, 0.3) is 11.4 Å². The third-order valence-electron chi connectivity index (χ3n) is 4.68. The fourth-order valence-electron chi connectivity index (χ4n) is 3.23. The Bertz CT molecular complexity index is 1240. The van der Waals surface area contributed by atoms with Gasteiger partial charge in [-0.2, -0.15) is 0 Å². The molecule has 0 bridgehead atoms. The molecule has 0 atom stereocenters. The molecule has 1 aliphatic rings. The van der Waals surface area contributed by atoms with Gasteiger partial charge < -0.3 is 14.0 Å². The molecule has 2 heterocycles. The number of ketones is 1. The van der Waals surface area contributed by atoms with E-state index in [1.165, 1.54) is 11.8 Å². The predicted octanol–water partition coefficient (Wildman–Crippen LogP) is 3.08. The van der Waals surface area contributed by atoms with E-state index in [-0.39, 0.29) is 11.5 Å². The minimum atomic E-state index is -3.34. The fraction of sp³-hybridized carbons (Fsp3) is 0.286. The molecule has 1 aromatic heterocycles. The van der Waals surface area contributed by atoms with Gasteiger partial charge in [0.25, 0.3) is 0 Å². The monoisotopic (exact) mass is 474 g/mol. The van der Waals surface area contributed by atoms with Gasteiger partial charge in [-0.15, -0.1) is 10.2 Å². The first-order chi connectivity index (χ1) is 15.3. The fourth-order valence-corrected chi connectivity index (χ4v) is 4.69. The van der Waals surface area contributed by atoms with Crippen molar-refractivity contribution in [2.75, 3.05) is 29.9 Å². The van der Waals surface area contributed by atoms with Crippen molar-refractivity contribution >= 4 is 33.3 Å². The molecule has 168 valence electrons. The van der Waals surface area contributed by atoms with Gasteiger partial charge in [0.05, 0.1) is 12.0 Å². The third-order valence-corrected chi connectivity index (χ3v) is 6.25. The van der Waals surface area contributed by atoms with Gasteiger partial charge in [-0.05, 0) is 49.4 Å². The topological polar surface area (TPSA) is 112 Å². The summed E-state index contributed by atoms with van der Waals surface area (Å²) < 4.78 is 38.2. The smallest absolute Gasteiger partial charge is 0.229 e. The van der Waals surface area contributed by atoms with E-state index in [0.717, 1.165) is 11.8 Å². The average molecular weight is 475 g/mol. The molecular weight excluding hydrogens is 452 g/mol. The number of carbonyl (C=O) groups excluding carboxylic acids is 1. The summed E-state index contributed by atoms with van der Waals surface area (Å²) in [5, 5.41) is 9.16. The molecule has 0 aliphatic carbocycles. The number of carbonyl (C=O) groups is 1. The van der Waals surface area contributed by atoms with Crippen molar-refractivity contribution in [2.45, 2.75) is 18.6 Å². The zero-order valence-corrected chi connectivity index (χ0v) is 19.2. The van der Waals surface area contributed by atoms with Crippen molar-refractivity contribution in [3.8, 4) is 22.9 Å². The summed E-state index contributed by atoms with van der Waals surface area (Å²) in [7, 11) is -3.34. The molecule has 0 fully saturated rings. The minimum Gasteiger partial charge on any atom is -0.486 e. The Labute approximate surface area is 190 Å². The molecule has 1 N–H and O–H groups in total. The first-order valence-corrected chi connectivity index (χ1v) is 12.8. The van der Waals surface area contributed by atoms with Crippen LogP contribution in [0, 0.1) is 0 Å². The SMILES string of the molecule is CCn1c(SCC(=O)c2ccc3c(c2)OCCO3)nnc1-c1ccc(NS(C)(=O)=O)cc1. The standard InChI is InChI=1S/C21H22N4O5S2/c1-3-25-20(14-4-7-16(8-5-14)24-32(2,27)28)22-23-21(25)31-13-17(26)15-6-9-18-19(12-15)30-11-10-29-18/h4-9,12,24H,3,10-11,13H2,1-2H3. The van der Waals surface area contributed by atoms with Crippen molar-refractivity contribution in [1.82, 2.24) is 14.8 Å². The van der Waals surface area contributed by atoms with Crippen molar-refractivity contribution < 1.29 is 22.7 Å².